The number of nitrogens with zero attached hydrogens (tertiary/aromatic N) is 1. The molecule has 0 aliphatic carbocycles. The molecule has 8 heteroatoms. The standard InChI is InChI=1S/C22H26N2O5S/c1-18-2-4-19(5-3-18)6-11-22(25)23-12-15-29-20-7-9-21(10-8-20)30(26,27)24-13-16-28-17-14-24/h2-11H,12-17H2,1H3,(H,23,25)/b11-6+. The fourth-order valence-electron chi connectivity index (χ4n) is 2.90. The van der Waals surface area contributed by atoms with Gasteiger partial charge in [0.2, 0.25) is 15.9 Å². The summed E-state index contributed by atoms with van der Waals surface area (Å²) in [7, 11) is -3.51. The second kappa shape index (κ2) is 10.4. The number of morpholine rings is 1. The Bertz CT molecular complexity index is 964. The van der Waals surface area contributed by atoms with E-state index in [-0.39, 0.29) is 17.4 Å². The van der Waals surface area contributed by atoms with E-state index in [0.717, 1.165) is 5.56 Å². The maximum Gasteiger partial charge on any atom is 0.244 e. The third-order valence-electron chi connectivity index (χ3n) is 4.61. The van der Waals surface area contributed by atoms with Gasteiger partial charge in [0.25, 0.3) is 0 Å². The van der Waals surface area contributed by atoms with Gasteiger partial charge in [-0.3, -0.25) is 4.79 Å². The number of amides is 1. The zero-order chi connectivity index (χ0) is 21.4. The van der Waals surface area contributed by atoms with Gasteiger partial charge in [0, 0.05) is 19.2 Å². The van der Waals surface area contributed by atoms with Crippen molar-refractivity contribution < 1.29 is 22.7 Å². The normalized spacial score (nSPS) is 15.2. The molecule has 1 aliphatic heterocycles. The summed E-state index contributed by atoms with van der Waals surface area (Å²) in [6.07, 6.45) is 3.24. The summed E-state index contributed by atoms with van der Waals surface area (Å²) in [5.74, 6) is 0.339. The minimum atomic E-state index is -3.51. The second-order valence-corrected chi connectivity index (χ2v) is 8.81. The van der Waals surface area contributed by atoms with Crippen LogP contribution in [0.4, 0.5) is 0 Å². The number of carbonyl (C=O) groups excluding carboxylic acids is 1. The number of benzene rings is 2. The highest BCUT2D eigenvalue weighted by Crippen LogP contribution is 2.20. The number of hydrogen-bond acceptors (Lipinski definition) is 5. The molecule has 0 aromatic heterocycles. The van der Waals surface area contributed by atoms with E-state index in [1.165, 1.54) is 28.1 Å². The Balaban J connectivity index is 1.43. The smallest absolute Gasteiger partial charge is 0.244 e. The van der Waals surface area contributed by atoms with Crippen molar-refractivity contribution in [1.29, 1.82) is 0 Å². The maximum atomic E-state index is 12.6. The molecule has 30 heavy (non-hydrogen) atoms. The lowest BCUT2D eigenvalue weighted by atomic mass is 10.1. The first-order chi connectivity index (χ1) is 14.4. The molecule has 1 fully saturated rings. The molecular weight excluding hydrogens is 404 g/mol. The van der Waals surface area contributed by atoms with E-state index in [2.05, 4.69) is 5.32 Å². The molecule has 160 valence electrons. The van der Waals surface area contributed by atoms with Crippen LogP contribution in [-0.4, -0.2) is 58.1 Å². The Hall–Kier alpha value is -2.68. The van der Waals surface area contributed by atoms with Crippen molar-refractivity contribution >= 4 is 22.0 Å². The SMILES string of the molecule is Cc1ccc(/C=C/C(=O)NCCOc2ccc(S(=O)(=O)N3CCOCC3)cc2)cc1. The molecule has 1 saturated heterocycles. The Morgan fingerprint density at radius 2 is 1.77 bits per heavy atom. The third-order valence-corrected chi connectivity index (χ3v) is 6.52. The van der Waals surface area contributed by atoms with E-state index in [9.17, 15) is 13.2 Å². The van der Waals surface area contributed by atoms with E-state index in [4.69, 9.17) is 9.47 Å². The highest BCUT2D eigenvalue weighted by Gasteiger charge is 2.26. The minimum absolute atomic E-state index is 0.203. The van der Waals surface area contributed by atoms with Gasteiger partial charge in [-0.1, -0.05) is 29.8 Å². The van der Waals surface area contributed by atoms with E-state index in [0.29, 0.717) is 38.6 Å². The molecule has 7 nitrogen and oxygen atoms in total. The molecule has 1 amide bonds. The monoisotopic (exact) mass is 430 g/mol. The summed E-state index contributed by atoms with van der Waals surface area (Å²) in [6, 6.07) is 14.2. The van der Waals surface area contributed by atoms with Gasteiger partial charge in [0.1, 0.15) is 12.4 Å². The lowest BCUT2D eigenvalue weighted by Gasteiger charge is -2.26. The molecule has 1 heterocycles. The largest absolute Gasteiger partial charge is 0.492 e. The molecule has 0 spiro atoms. The van der Waals surface area contributed by atoms with E-state index in [1.54, 1.807) is 18.2 Å². The molecule has 3 rings (SSSR count). The first-order valence-electron chi connectivity index (χ1n) is 9.78. The summed E-state index contributed by atoms with van der Waals surface area (Å²) < 4.78 is 37.4. The number of rotatable bonds is 8. The molecule has 2 aromatic carbocycles. The summed E-state index contributed by atoms with van der Waals surface area (Å²) in [5.41, 5.74) is 2.12. The van der Waals surface area contributed by atoms with Crippen molar-refractivity contribution in [2.45, 2.75) is 11.8 Å². The highest BCUT2D eigenvalue weighted by molar-refractivity contribution is 7.89. The first-order valence-corrected chi connectivity index (χ1v) is 11.2. The molecule has 0 saturated carbocycles. The molecule has 2 aromatic rings. The fourth-order valence-corrected chi connectivity index (χ4v) is 4.30. The van der Waals surface area contributed by atoms with Crippen LogP contribution < -0.4 is 10.1 Å². The van der Waals surface area contributed by atoms with Gasteiger partial charge in [0.15, 0.2) is 0 Å². The van der Waals surface area contributed by atoms with Crippen molar-refractivity contribution in [2.75, 3.05) is 39.5 Å². The number of hydrogen-bond donors (Lipinski definition) is 1. The van der Waals surface area contributed by atoms with Crippen LogP contribution in [0.15, 0.2) is 59.5 Å². The first kappa shape index (κ1) is 22.0. The fraction of sp³-hybridized carbons (Fsp3) is 0.318. The zero-order valence-corrected chi connectivity index (χ0v) is 17.7. The summed E-state index contributed by atoms with van der Waals surface area (Å²) >= 11 is 0. The van der Waals surface area contributed by atoms with Crippen molar-refractivity contribution in [1.82, 2.24) is 9.62 Å². The van der Waals surface area contributed by atoms with Crippen molar-refractivity contribution in [2.24, 2.45) is 0 Å². The van der Waals surface area contributed by atoms with Crippen LogP contribution in [-0.2, 0) is 19.6 Å². The molecule has 0 bridgehead atoms. The second-order valence-electron chi connectivity index (χ2n) is 6.87. The van der Waals surface area contributed by atoms with Gasteiger partial charge in [-0.25, -0.2) is 8.42 Å². The lowest BCUT2D eigenvalue weighted by Crippen LogP contribution is -2.40. The van der Waals surface area contributed by atoms with Gasteiger partial charge in [-0.2, -0.15) is 4.31 Å². The van der Waals surface area contributed by atoms with Crippen LogP contribution in [0, 0.1) is 6.92 Å². The summed E-state index contributed by atoms with van der Waals surface area (Å²) in [5, 5.41) is 2.75. The maximum absolute atomic E-state index is 12.6. The summed E-state index contributed by atoms with van der Waals surface area (Å²) in [6.45, 7) is 4.16. The zero-order valence-electron chi connectivity index (χ0n) is 16.9. The van der Waals surface area contributed by atoms with E-state index >= 15 is 0 Å². The van der Waals surface area contributed by atoms with Gasteiger partial charge in [0.05, 0.1) is 24.7 Å². The topological polar surface area (TPSA) is 84.9 Å². The van der Waals surface area contributed by atoms with Crippen LogP contribution >= 0.6 is 0 Å². The molecule has 0 atom stereocenters. The Kier molecular flexibility index (Phi) is 7.62. The van der Waals surface area contributed by atoms with Gasteiger partial charge in [-0.05, 0) is 42.8 Å². The van der Waals surface area contributed by atoms with Crippen molar-refractivity contribution in [3.8, 4) is 5.75 Å². The lowest BCUT2D eigenvalue weighted by molar-refractivity contribution is -0.116. The average Bonchev–Trinajstić information content (AvgIpc) is 2.77. The molecule has 0 unspecified atom stereocenters. The number of carbonyl (C=O) groups is 1. The highest BCUT2D eigenvalue weighted by atomic mass is 32.2. The van der Waals surface area contributed by atoms with E-state index in [1.807, 2.05) is 31.2 Å². The van der Waals surface area contributed by atoms with Gasteiger partial charge >= 0.3 is 0 Å². The number of nitrogens with one attached hydrogen (secondary N) is 1. The molecule has 1 aliphatic rings. The van der Waals surface area contributed by atoms with Crippen LogP contribution in [0.2, 0.25) is 0 Å². The Labute approximate surface area is 177 Å². The van der Waals surface area contributed by atoms with Crippen LogP contribution in [0.25, 0.3) is 6.08 Å². The predicted octanol–water partition coefficient (Wildman–Crippen LogP) is 2.22. The quantitative estimate of drug-likeness (QED) is 0.513. The molecular formula is C22H26N2O5S. The third kappa shape index (κ3) is 6.16. The van der Waals surface area contributed by atoms with Gasteiger partial charge in [-0.15, -0.1) is 0 Å². The number of aryl methyl sites for hydroxylation is 1. The van der Waals surface area contributed by atoms with Crippen LogP contribution in [0.3, 0.4) is 0 Å². The van der Waals surface area contributed by atoms with Gasteiger partial charge < -0.3 is 14.8 Å². The Morgan fingerprint density at radius 3 is 2.43 bits per heavy atom. The van der Waals surface area contributed by atoms with Crippen LogP contribution in [0.5, 0.6) is 5.75 Å². The Morgan fingerprint density at radius 1 is 1.10 bits per heavy atom. The van der Waals surface area contributed by atoms with E-state index < -0.39 is 10.0 Å². The average molecular weight is 431 g/mol. The predicted molar refractivity (Wildman–Crippen MR) is 115 cm³/mol. The molecule has 1 N–H and O–H groups in total. The minimum Gasteiger partial charge on any atom is -0.492 e. The summed E-state index contributed by atoms with van der Waals surface area (Å²) in [4.78, 5) is 12.1. The molecule has 0 radical (unpaired) electrons. The van der Waals surface area contributed by atoms with Crippen molar-refractivity contribution in [3.05, 3.63) is 65.7 Å². The van der Waals surface area contributed by atoms with Crippen LogP contribution in [0.1, 0.15) is 11.1 Å². The number of ether oxygens (including phenoxy) is 2. The number of sulfonamides is 1. The van der Waals surface area contributed by atoms with Crippen molar-refractivity contribution in [3.63, 3.8) is 0 Å².